The van der Waals surface area contributed by atoms with Crippen LogP contribution in [-0.2, 0) is 0 Å². The number of hydrogen-bond donors (Lipinski definition) is 0. The third-order valence-corrected chi connectivity index (χ3v) is 0.667. The van der Waals surface area contributed by atoms with Gasteiger partial charge >= 0.3 is 38.0 Å². The number of benzene rings is 1. The van der Waals surface area contributed by atoms with Crippen molar-refractivity contribution in [3.8, 4) is 0 Å². The molecule has 1 aromatic rings. The van der Waals surface area contributed by atoms with Crippen molar-refractivity contribution in [2.75, 3.05) is 26.4 Å². The molecule has 0 amide bonds. The molecule has 6 heteroatoms. The van der Waals surface area contributed by atoms with E-state index in [1.807, 2.05) is 36.4 Å². The Morgan fingerprint density at radius 2 is 0.550 bits per heavy atom. The fourth-order valence-corrected chi connectivity index (χ4v) is 0.385. The van der Waals surface area contributed by atoms with Crippen LogP contribution in [0.3, 0.4) is 0 Å². The monoisotopic (exact) mass is 292 g/mol. The van der Waals surface area contributed by atoms with Crippen molar-refractivity contribution in [1.82, 2.24) is 0 Å². The molecule has 0 saturated carbocycles. The first kappa shape index (κ1) is 36.9. The number of hydrogen-bond acceptors (Lipinski definition) is 4. The number of rotatable bonds is 0. The Morgan fingerprint density at radius 1 is 0.500 bits per heavy atom. The molecule has 0 heterocycles. The van der Waals surface area contributed by atoms with E-state index in [4.69, 9.17) is 20.4 Å². The molecule has 0 atom stereocenters. The van der Waals surface area contributed by atoms with Crippen LogP contribution in [0.4, 0.5) is 0 Å². The van der Waals surface area contributed by atoms with Crippen LogP contribution >= 0.6 is 0 Å². The van der Waals surface area contributed by atoms with Crippen LogP contribution in [0.1, 0.15) is 27.7 Å². The van der Waals surface area contributed by atoms with E-state index < -0.39 is 0 Å². The van der Waals surface area contributed by atoms with Crippen LogP contribution in [0.5, 0.6) is 0 Å². The summed E-state index contributed by atoms with van der Waals surface area (Å²) >= 11 is 0. The summed E-state index contributed by atoms with van der Waals surface area (Å²) in [5.41, 5.74) is 0. The minimum absolute atomic E-state index is 0. The van der Waals surface area contributed by atoms with Crippen LogP contribution in [-0.4, -0.2) is 34.8 Å². The van der Waals surface area contributed by atoms with Crippen molar-refractivity contribution in [3.05, 3.63) is 36.4 Å². The third kappa shape index (κ3) is 142. The molecule has 0 N–H and O–H groups in total. The van der Waals surface area contributed by atoms with Crippen molar-refractivity contribution in [2.24, 2.45) is 0 Å². The van der Waals surface area contributed by atoms with E-state index in [9.17, 15) is 0 Å². The summed E-state index contributed by atoms with van der Waals surface area (Å²) in [5.74, 6) is 0. The summed E-state index contributed by atoms with van der Waals surface area (Å²) in [5, 5.41) is 35.7. The first-order chi connectivity index (χ1) is 8.66. The molecule has 20 heavy (non-hydrogen) atoms. The van der Waals surface area contributed by atoms with E-state index in [0.717, 1.165) is 0 Å². The summed E-state index contributed by atoms with van der Waals surface area (Å²) in [6.07, 6.45) is 0. The normalized spacial score (nSPS) is 6.00. The zero-order valence-electron chi connectivity index (χ0n) is 13.5. The summed E-state index contributed by atoms with van der Waals surface area (Å²) in [7, 11) is 0. The smallest absolute Gasteiger partial charge is 0.855 e. The van der Waals surface area contributed by atoms with Gasteiger partial charge < -0.3 is 20.4 Å². The van der Waals surface area contributed by atoms with Crippen LogP contribution in [0.15, 0.2) is 36.4 Å². The van der Waals surface area contributed by atoms with Crippen LogP contribution < -0.4 is 50.0 Å². The Kier molecular flexibility index (Phi) is 113. The van der Waals surface area contributed by atoms with Gasteiger partial charge in [0.2, 0.25) is 0 Å². The molecule has 0 fully saturated rings. The Hall–Kier alpha value is 0.125. The third-order valence-electron chi connectivity index (χ3n) is 0.667. The van der Waals surface area contributed by atoms with E-state index in [2.05, 4.69) is 0 Å². The fraction of sp³-hybridized carbons (Fsp3) is 0.571. The van der Waals surface area contributed by atoms with Crippen molar-refractivity contribution >= 4 is 8.41 Å². The Bertz CT molecular complexity index is 134. The predicted molar refractivity (Wildman–Crippen MR) is 74.4 cm³/mol. The van der Waals surface area contributed by atoms with Gasteiger partial charge in [-0.05, 0) is 0 Å². The molecule has 0 aliphatic rings. The summed E-state index contributed by atoms with van der Waals surface area (Å²) in [6, 6.07) is 12.0. The average Bonchev–Trinajstić information content (AvgIpc) is 2.35. The molecule has 4 nitrogen and oxygen atoms in total. The first-order valence-corrected chi connectivity index (χ1v) is 5.98. The molecular weight excluding hydrogens is 266 g/mol. The SMILES string of the molecule is CC[O-].CC[O-].CC[O-].CC[O-].[B+3].[Na+].c1ccccc1. The van der Waals surface area contributed by atoms with E-state index >= 15 is 0 Å². The largest absolute Gasteiger partial charge is 3.00 e. The second kappa shape index (κ2) is 61.3. The predicted octanol–water partition coefficient (Wildman–Crippen LogP) is -4.22. The summed E-state index contributed by atoms with van der Waals surface area (Å²) in [4.78, 5) is 0. The molecular formula is C14H26BNaO4. The van der Waals surface area contributed by atoms with Gasteiger partial charge in [-0.15, -0.1) is 26.4 Å². The second-order valence-electron chi connectivity index (χ2n) is 2.31. The molecule has 0 aromatic heterocycles. The van der Waals surface area contributed by atoms with Gasteiger partial charge in [-0.2, -0.15) is 0 Å². The molecule has 0 bridgehead atoms. The zero-order valence-corrected chi connectivity index (χ0v) is 15.5. The van der Waals surface area contributed by atoms with Gasteiger partial charge in [0, 0.05) is 0 Å². The standard InChI is InChI=1S/C6H6.4C2H5O.B.Na/c1-2-4-6-5-3-1;4*1-2-3;;/h1-6H;4*2H2,1H3;;/q;4*-1;+3;+1. The maximum atomic E-state index is 8.93. The Labute approximate surface area is 148 Å². The second-order valence-corrected chi connectivity index (χ2v) is 2.31. The van der Waals surface area contributed by atoms with E-state index in [1.54, 1.807) is 27.7 Å². The van der Waals surface area contributed by atoms with Crippen molar-refractivity contribution in [1.29, 1.82) is 0 Å². The first-order valence-electron chi connectivity index (χ1n) is 5.98. The topological polar surface area (TPSA) is 92.2 Å². The summed E-state index contributed by atoms with van der Waals surface area (Å²) < 4.78 is 0. The minimum atomic E-state index is 0. The molecule has 0 unspecified atom stereocenters. The van der Waals surface area contributed by atoms with Crippen LogP contribution in [0.25, 0.3) is 0 Å². The van der Waals surface area contributed by atoms with Gasteiger partial charge in [-0.1, -0.05) is 64.1 Å². The Morgan fingerprint density at radius 3 is 0.600 bits per heavy atom. The molecule has 110 valence electrons. The van der Waals surface area contributed by atoms with E-state index in [-0.39, 0.29) is 64.4 Å². The maximum absolute atomic E-state index is 8.93. The van der Waals surface area contributed by atoms with Gasteiger partial charge in [-0.3, -0.25) is 0 Å². The quantitative estimate of drug-likeness (QED) is 0.453. The molecule has 1 aromatic carbocycles. The van der Waals surface area contributed by atoms with Gasteiger partial charge in [0.25, 0.3) is 0 Å². The average molecular weight is 292 g/mol. The molecule has 0 radical (unpaired) electrons. The molecule has 1 rings (SSSR count). The van der Waals surface area contributed by atoms with Crippen LogP contribution in [0, 0.1) is 0 Å². The zero-order chi connectivity index (χ0) is 15.1. The van der Waals surface area contributed by atoms with Gasteiger partial charge in [-0.25, -0.2) is 0 Å². The molecule has 0 saturated heterocycles. The van der Waals surface area contributed by atoms with Gasteiger partial charge in [0.15, 0.2) is 0 Å². The molecule has 0 aliphatic heterocycles. The summed E-state index contributed by atoms with van der Waals surface area (Å²) in [6.45, 7) is 6.28. The van der Waals surface area contributed by atoms with Gasteiger partial charge in [0.05, 0.1) is 0 Å². The maximum Gasteiger partial charge on any atom is 3.00 e. The molecule has 0 aliphatic carbocycles. The minimum Gasteiger partial charge on any atom is -0.855 e. The fourth-order valence-electron chi connectivity index (χ4n) is 0.385. The van der Waals surface area contributed by atoms with Crippen molar-refractivity contribution in [3.63, 3.8) is 0 Å². The van der Waals surface area contributed by atoms with E-state index in [0.29, 0.717) is 0 Å². The van der Waals surface area contributed by atoms with Gasteiger partial charge in [0.1, 0.15) is 0 Å². The van der Waals surface area contributed by atoms with Crippen LogP contribution in [0.2, 0.25) is 0 Å². The van der Waals surface area contributed by atoms with E-state index in [1.165, 1.54) is 0 Å². The van der Waals surface area contributed by atoms with Crippen molar-refractivity contribution < 1.29 is 50.0 Å². The Balaban J connectivity index is -0.0000000315. The molecule has 0 spiro atoms. The van der Waals surface area contributed by atoms with Crippen molar-refractivity contribution in [2.45, 2.75) is 27.7 Å².